The highest BCUT2D eigenvalue weighted by Gasteiger charge is 2.26. The van der Waals surface area contributed by atoms with Crippen molar-refractivity contribution in [1.29, 1.82) is 0 Å². The minimum Gasteiger partial charge on any atom is -0.457 e. The molecule has 0 spiro atoms. The molecule has 0 aromatic carbocycles. The minimum absolute atomic E-state index is 0.0358. The number of allylic oxidation sites excluding steroid dienone is 12. The third kappa shape index (κ3) is 43.5. The Morgan fingerprint density at radius 1 is 0.552 bits per heavy atom. The summed E-state index contributed by atoms with van der Waals surface area (Å²) in [5, 5.41) is 18.4. The molecule has 0 radical (unpaired) electrons. The Labute approximate surface area is 354 Å². The van der Waals surface area contributed by atoms with Crippen LogP contribution in [0.3, 0.4) is 0 Å². The molecule has 0 heterocycles. The van der Waals surface area contributed by atoms with Crippen molar-refractivity contribution in [2.75, 3.05) is 33.0 Å². The van der Waals surface area contributed by atoms with Gasteiger partial charge in [-0.3, -0.25) is 13.8 Å². The molecule has 0 aliphatic carbocycles. The first-order chi connectivity index (χ1) is 28.3. The van der Waals surface area contributed by atoms with Crippen molar-refractivity contribution in [1.82, 2.24) is 0 Å². The summed E-state index contributed by atoms with van der Waals surface area (Å²) in [5.41, 5.74) is 0. The largest absolute Gasteiger partial charge is 0.472 e. The van der Waals surface area contributed by atoms with Crippen LogP contribution in [-0.4, -0.2) is 66.3 Å². The molecule has 0 aliphatic heterocycles. The smallest absolute Gasteiger partial charge is 0.457 e. The van der Waals surface area contributed by atoms with Crippen LogP contribution in [0.4, 0.5) is 0 Å². The number of carbonyl (C=O) groups excluding carboxylic acids is 1. The van der Waals surface area contributed by atoms with Crippen molar-refractivity contribution >= 4 is 13.8 Å². The molecule has 10 heteroatoms. The summed E-state index contributed by atoms with van der Waals surface area (Å²) < 4.78 is 33.4. The second-order valence-corrected chi connectivity index (χ2v) is 16.5. The summed E-state index contributed by atoms with van der Waals surface area (Å²) in [4.78, 5) is 22.6. The molecular weight excluding hydrogens is 751 g/mol. The molecule has 0 aromatic rings. The van der Waals surface area contributed by atoms with E-state index >= 15 is 0 Å². The monoisotopic (exact) mass is 837 g/mol. The summed E-state index contributed by atoms with van der Waals surface area (Å²) in [6.07, 6.45) is 52.9. The van der Waals surface area contributed by atoms with Crippen LogP contribution in [0, 0.1) is 0 Å². The van der Waals surface area contributed by atoms with E-state index in [0.717, 1.165) is 89.9 Å². The summed E-state index contributed by atoms with van der Waals surface area (Å²) in [7, 11) is -4.53. The Bertz CT molecular complexity index is 1130. The molecule has 336 valence electrons. The number of esters is 1. The van der Waals surface area contributed by atoms with Crippen LogP contribution in [0.2, 0.25) is 0 Å². The van der Waals surface area contributed by atoms with Crippen LogP contribution in [0.5, 0.6) is 0 Å². The van der Waals surface area contributed by atoms with Gasteiger partial charge in [-0.15, -0.1) is 0 Å². The quantitative estimate of drug-likeness (QED) is 0.0238. The molecule has 0 rings (SSSR count). The second-order valence-electron chi connectivity index (χ2n) is 15.0. The molecule has 0 saturated carbocycles. The highest BCUT2D eigenvalue weighted by Crippen LogP contribution is 2.43. The fraction of sp³-hybridized carbons (Fsp3) is 0.729. The van der Waals surface area contributed by atoms with Gasteiger partial charge in [0.1, 0.15) is 12.2 Å². The number of unbranched alkanes of at least 4 members (excludes halogenated alkanes) is 17. The average molecular weight is 837 g/mol. The molecule has 58 heavy (non-hydrogen) atoms. The lowest BCUT2D eigenvalue weighted by Crippen LogP contribution is -2.29. The fourth-order valence-corrected chi connectivity index (χ4v) is 6.70. The van der Waals surface area contributed by atoms with Crippen LogP contribution < -0.4 is 0 Å². The van der Waals surface area contributed by atoms with Gasteiger partial charge in [0, 0.05) is 13.0 Å². The number of carbonyl (C=O) groups is 1. The van der Waals surface area contributed by atoms with Gasteiger partial charge in [0.15, 0.2) is 0 Å². The van der Waals surface area contributed by atoms with E-state index in [1.807, 2.05) is 0 Å². The Kier molecular flexibility index (Phi) is 42.8. The third-order valence-electron chi connectivity index (χ3n) is 9.38. The van der Waals surface area contributed by atoms with E-state index in [4.69, 9.17) is 23.6 Å². The predicted octanol–water partition coefficient (Wildman–Crippen LogP) is 12.9. The van der Waals surface area contributed by atoms with Crippen LogP contribution in [0.25, 0.3) is 0 Å². The van der Waals surface area contributed by atoms with Crippen molar-refractivity contribution < 1.29 is 43.0 Å². The number of aliphatic hydroxyl groups is 2. The van der Waals surface area contributed by atoms with Crippen molar-refractivity contribution in [3.8, 4) is 0 Å². The zero-order valence-corrected chi connectivity index (χ0v) is 37.6. The molecule has 0 amide bonds. The van der Waals surface area contributed by atoms with E-state index < -0.39 is 39.2 Å². The molecule has 0 saturated heterocycles. The van der Waals surface area contributed by atoms with Crippen LogP contribution in [0.15, 0.2) is 72.9 Å². The zero-order chi connectivity index (χ0) is 42.5. The van der Waals surface area contributed by atoms with E-state index in [9.17, 15) is 19.4 Å². The molecule has 0 bridgehead atoms. The zero-order valence-electron chi connectivity index (χ0n) is 36.7. The normalized spacial score (nSPS) is 14.6. The summed E-state index contributed by atoms with van der Waals surface area (Å²) in [6.45, 7) is 3.34. The van der Waals surface area contributed by atoms with Gasteiger partial charge in [-0.25, -0.2) is 4.57 Å². The lowest BCUT2D eigenvalue weighted by Gasteiger charge is -2.20. The van der Waals surface area contributed by atoms with E-state index in [1.165, 1.54) is 64.2 Å². The Morgan fingerprint density at radius 2 is 0.983 bits per heavy atom. The van der Waals surface area contributed by atoms with Gasteiger partial charge in [-0.2, -0.15) is 0 Å². The highest BCUT2D eigenvalue weighted by atomic mass is 31.2. The molecule has 3 atom stereocenters. The van der Waals surface area contributed by atoms with Crippen molar-refractivity contribution in [3.05, 3.63) is 72.9 Å². The SMILES string of the molecule is CC/C=C\C/C=C\C/C=C\C/C=C\CCCCCCCCCCCOCC(COP(=O)(O)OCC(O)CO)OC(=O)CCCCCCC/C=C\C/C=C\CCCCC. The van der Waals surface area contributed by atoms with Gasteiger partial charge < -0.3 is 24.6 Å². The van der Waals surface area contributed by atoms with Crippen LogP contribution in [-0.2, 0) is 27.9 Å². The maximum Gasteiger partial charge on any atom is 0.472 e. The lowest BCUT2D eigenvalue weighted by molar-refractivity contribution is -0.154. The van der Waals surface area contributed by atoms with Crippen molar-refractivity contribution in [3.63, 3.8) is 0 Å². The lowest BCUT2D eigenvalue weighted by atomic mass is 10.1. The second kappa shape index (κ2) is 44.5. The van der Waals surface area contributed by atoms with Gasteiger partial charge in [-0.05, 0) is 83.5 Å². The first-order valence-electron chi connectivity index (χ1n) is 22.9. The third-order valence-corrected chi connectivity index (χ3v) is 10.3. The molecule has 0 aliphatic rings. The highest BCUT2D eigenvalue weighted by molar-refractivity contribution is 7.47. The number of hydrogen-bond donors (Lipinski definition) is 3. The van der Waals surface area contributed by atoms with E-state index in [0.29, 0.717) is 13.0 Å². The average Bonchev–Trinajstić information content (AvgIpc) is 3.21. The van der Waals surface area contributed by atoms with Crippen molar-refractivity contribution in [2.24, 2.45) is 0 Å². The molecule has 0 fully saturated rings. The van der Waals surface area contributed by atoms with E-state index in [-0.39, 0.29) is 19.6 Å². The summed E-state index contributed by atoms with van der Waals surface area (Å²) >= 11 is 0. The number of phosphoric acid groups is 1. The van der Waals surface area contributed by atoms with E-state index in [1.54, 1.807) is 0 Å². The topological polar surface area (TPSA) is 132 Å². The van der Waals surface area contributed by atoms with Gasteiger partial charge in [-0.1, -0.05) is 164 Å². The van der Waals surface area contributed by atoms with Gasteiger partial charge in [0.25, 0.3) is 0 Å². The maximum atomic E-state index is 12.6. The number of rotatable bonds is 43. The molecule has 9 nitrogen and oxygen atoms in total. The Balaban J connectivity index is 4.16. The first kappa shape index (κ1) is 55.9. The minimum atomic E-state index is -4.53. The number of phosphoric ester groups is 1. The van der Waals surface area contributed by atoms with Crippen LogP contribution in [0.1, 0.15) is 181 Å². The van der Waals surface area contributed by atoms with Gasteiger partial charge in [0.05, 0.1) is 26.4 Å². The predicted molar refractivity (Wildman–Crippen MR) is 242 cm³/mol. The van der Waals surface area contributed by atoms with Gasteiger partial charge >= 0.3 is 13.8 Å². The number of hydrogen-bond acceptors (Lipinski definition) is 8. The fourth-order valence-electron chi connectivity index (χ4n) is 5.91. The first-order valence-corrected chi connectivity index (χ1v) is 24.4. The number of ether oxygens (including phenoxy) is 2. The molecule has 0 aromatic heterocycles. The summed E-state index contributed by atoms with van der Waals surface area (Å²) in [6, 6.07) is 0. The molecular formula is C48H85O9P. The molecule has 3 N–H and O–H groups in total. The van der Waals surface area contributed by atoms with E-state index in [2.05, 4.69) is 86.8 Å². The Morgan fingerprint density at radius 3 is 1.48 bits per heavy atom. The maximum absolute atomic E-state index is 12.6. The standard InChI is InChI=1S/C48H85O9P/c1-3-5-7-9-11-13-15-17-19-20-21-22-23-24-25-27-29-31-33-35-37-39-41-54-44-47(45-56-58(52,53)55-43-46(50)42-49)57-48(51)40-38-36-34-32-30-28-26-18-16-14-12-10-8-6-4-2/h5,7,11-14,17-19,21-22,26,46-47,49-50H,3-4,6,8-10,15-16,20,23-25,27-45H2,1-2H3,(H,52,53)/b7-5-,13-11-,14-12-,19-17-,22-21-,26-18-. The Hall–Kier alpha value is -2.10. The molecule has 3 unspecified atom stereocenters. The van der Waals surface area contributed by atoms with Crippen LogP contribution >= 0.6 is 7.82 Å². The number of aliphatic hydroxyl groups excluding tert-OH is 2. The van der Waals surface area contributed by atoms with Gasteiger partial charge in [0.2, 0.25) is 0 Å². The summed E-state index contributed by atoms with van der Waals surface area (Å²) in [5.74, 6) is -0.401. The van der Waals surface area contributed by atoms with Crippen molar-refractivity contribution in [2.45, 2.75) is 193 Å².